The smallest absolute Gasteiger partial charge is 0.306 e. The molecule has 3 atom stereocenters. The van der Waals surface area contributed by atoms with Crippen LogP contribution in [0.2, 0.25) is 0 Å². The number of halogens is 2. The van der Waals surface area contributed by atoms with Gasteiger partial charge in [0.15, 0.2) is 0 Å². The van der Waals surface area contributed by atoms with Crippen LogP contribution in [0.15, 0.2) is 23.3 Å². The summed E-state index contributed by atoms with van der Waals surface area (Å²) in [6.07, 6.45) is -1.32. The molecule has 0 aliphatic carbocycles. The van der Waals surface area contributed by atoms with Gasteiger partial charge in [0.05, 0.1) is 31.3 Å². The van der Waals surface area contributed by atoms with E-state index in [1.807, 2.05) is 0 Å². The van der Waals surface area contributed by atoms with Crippen LogP contribution in [-0.4, -0.2) is 34.9 Å². The van der Waals surface area contributed by atoms with Gasteiger partial charge in [-0.25, -0.2) is 8.78 Å². The van der Waals surface area contributed by atoms with E-state index in [-0.39, 0.29) is 31.1 Å². The first-order valence-electron chi connectivity index (χ1n) is 7.72. The fourth-order valence-corrected chi connectivity index (χ4v) is 2.35. The van der Waals surface area contributed by atoms with Crippen molar-refractivity contribution in [1.82, 2.24) is 0 Å². The number of nitrogens with zero attached hydrogens (tertiary/aromatic N) is 3. The van der Waals surface area contributed by atoms with Crippen LogP contribution in [0, 0.1) is 23.5 Å². The molecule has 0 aliphatic heterocycles. The predicted octanol–water partition coefficient (Wildman–Crippen LogP) is 3.27. The highest BCUT2D eigenvalue weighted by atomic mass is 19.1. The van der Waals surface area contributed by atoms with Gasteiger partial charge in [0.1, 0.15) is 11.6 Å². The highest BCUT2D eigenvalue weighted by molar-refractivity contribution is 5.70. The second kappa shape index (κ2) is 9.93. The minimum atomic E-state index is -1.22. The van der Waals surface area contributed by atoms with Crippen molar-refractivity contribution in [2.45, 2.75) is 39.0 Å². The number of hydrogen-bond donors (Lipinski definition) is 2. The van der Waals surface area contributed by atoms with Crippen LogP contribution < -0.4 is 0 Å². The molecule has 0 radical (unpaired) electrons. The van der Waals surface area contributed by atoms with E-state index in [2.05, 4.69) is 10.0 Å². The number of ether oxygens (including phenoxy) is 1. The van der Waals surface area contributed by atoms with Crippen molar-refractivity contribution in [2.24, 2.45) is 17.0 Å². The zero-order valence-corrected chi connectivity index (χ0v) is 14.0. The van der Waals surface area contributed by atoms with Gasteiger partial charge in [0, 0.05) is 11.0 Å². The Morgan fingerprint density at radius 3 is 2.40 bits per heavy atom. The third-order valence-corrected chi connectivity index (χ3v) is 3.74. The lowest BCUT2D eigenvalue weighted by Crippen LogP contribution is -2.34. The van der Waals surface area contributed by atoms with Gasteiger partial charge in [-0.05, 0) is 35.6 Å². The summed E-state index contributed by atoms with van der Waals surface area (Å²) in [7, 11) is 0. The number of aliphatic hydroxyl groups is 1. The van der Waals surface area contributed by atoms with E-state index < -0.39 is 35.7 Å². The van der Waals surface area contributed by atoms with Crippen LogP contribution in [0.3, 0.4) is 0 Å². The molecular formula is C16H21F2N3O4. The summed E-state index contributed by atoms with van der Waals surface area (Å²) in [5.41, 5.74) is 8.85. The summed E-state index contributed by atoms with van der Waals surface area (Å²) in [6.45, 7) is 3.06. The molecule has 0 spiro atoms. The second-order valence-electron chi connectivity index (χ2n) is 6.06. The Morgan fingerprint density at radius 1 is 1.32 bits per heavy atom. The average molecular weight is 357 g/mol. The van der Waals surface area contributed by atoms with Gasteiger partial charge in [-0.3, -0.25) is 4.79 Å². The van der Waals surface area contributed by atoms with Crippen LogP contribution in [0.5, 0.6) is 0 Å². The first-order valence-corrected chi connectivity index (χ1v) is 7.72. The third kappa shape index (κ3) is 7.04. The largest absolute Gasteiger partial charge is 0.481 e. The molecule has 3 unspecified atom stereocenters. The summed E-state index contributed by atoms with van der Waals surface area (Å²) < 4.78 is 31.5. The number of benzene rings is 1. The molecule has 9 heteroatoms. The van der Waals surface area contributed by atoms with Gasteiger partial charge in [0.2, 0.25) is 0 Å². The molecule has 0 amide bonds. The Balaban J connectivity index is 2.66. The summed E-state index contributed by atoms with van der Waals surface area (Å²) in [5.74, 6) is -3.55. The van der Waals surface area contributed by atoms with Crippen molar-refractivity contribution in [3.05, 3.63) is 45.8 Å². The molecule has 0 aromatic heterocycles. The molecule has 25 heavy (non-hydrogen) atoms. The number of rotatable bonds is 10. The maximum Gasteiger partial charge on any atom is 0.306 e. The van der Waals surface area contributed by atoms with Gasteiger partial charge >= 0.3 is 5.97 Å². The predicted molar refractivity (Wildman–Crippen MR) is 85.5 cm³/mol. The molecule has 0 saturated carbocycles. The molecule has 1 aromatic carbocycles. The SMILES string of the molecule is CC(C)C(CC(O)C(COCc1cc(F)cc(F)c1)N=[N+]=[N-])C(=O)O. The highest BCUT2D eigenvalue weighted by Gasteiger charge is 2.28. The molecule has 0 fully saturated rings. The lowest BCUT2D eigenvalue weighted by atomic mass is 9.88. The topological polar surface area (TPSA) is 116 Å². The molecule has 2 N–H and O–H groups in total. The number of hydrogen-bond acceptors (Lipinski definition) is 4. The van der Waals surface area contributed by atoms with E-state index in [1.165, 1.54) is 0 Å². The van der Waals surface area contributed by atoms with E-state index in [1.54, 1.807) is 13.8 Å². The Labute approximate surface area is 143 Å². The first kappa shape index (κ1) is 20.8. The molecule has 1 aromatic rings. The molecular weight excluding hydrogens is 336 g/mol. The van der Waals surface area contributed by atoms with Crippen LogP contribution in [0.25, 0.3) is 10.4 Å². The van der Waals surface area contributed by atoms with E-state index in [0.717, 1.165) is 18.2 Å². The van der Waals surface area contributed by atoms with Crippen molar-refractivity contribution in [2.75, 3.05) is 6.61 Å². The highest BCUT2D eigenvalue weighted by Crippen LogP contribution is 2.20. The fraction of sp³-hybridized carbons (Fsp3) is 0.562. The van der Waals surface area contributed by atoms with Crippen LogP contribution >= 0.6 is 0 Å². The number of carboxylic acid groups (broad SMARTS) is 1. The Kier molecular flexibility index (Phi) is 8.27. The Morgan fingerprint density at radius 2 is 1.92 bits per heavy atom. The van der Waals surface area contributed by atoms with E-state index in [9.17, 15) is 18.7 Å². The summed E-state index contributed by atoms with van der Waals surface area (Å²) in [4.78, 5) is 13.8. The third-order valence-electron chi connectivity index (χ3n) is 3.74. The quantitative estimate of drug-likeness (QED) is 0.380. The Bertz CT molecular complexity index is 616. The van der Waals surface area contributed by atoms with Gasteiger partial charge in [-0.15, -0.1) is 0 Å². The van der Waals surface area contributed by atoms with E-state index in [4.69, 9.17) is 15.4 Å². The number of carboxylic acids is 1. The van der Waals surface area contributed by atoms with Gasteiger partial charge in [0.25, 0.3) is 0 Å². The molecule has 0 saturated heterocycles. The van der Waals surface area contributed by atoms with Crippen molar-refractivity contribution >= 4 is 5.97 Å². The van der Waals surface area contributed by atoms with Crippen LogP contribution in [0.1, 0.15) is 25.8 Å². The molecule has 7 nitrogen and oxygen atoms in total. The van der Waals surface area contributed by atoms with Gasteiger partial charge < -0.3 is 14.9 Å². The van der Waals surface area contributed by atoms with Crippen molar-refractivity contribution in [3.8, 4) is 0 Å². The number of carbonyl (C=O) groups is 1. The average Bonchev–Trinajstić information content (AvgIpc) is 2.50. The summed E-state index contributed by atoms with van der Waals surface area (Å²) >= 11 is 0. The van der Waals surface area contributed by atoms with E-state index >= 15 is 0 Å². The lowest BCUT2D eigenvalue weighted by Gasteiger charge is -2.23. The lowest BCUT2D eigenvalue weighted by molar-refractivity contribution is -0.144. The maximum atomic E-state index is 13.1. The molecule has 0 aliphatic rings. The van der Waals surface area contributed by atoms with Crippen molar-refractivity contribution in [3.63, 3.8) is 0 Å². The zero-order valence-electron chi connectivity index (χ0n) is 14.0. The van der Waals surface area contributed by atoms with E-state index in [0.29, 0.717) is 0 Å². The zero-order chi connectivity index (χ0) is 19.0. The van der Waals surface area contributed by atoms with Crippen molar-refractivity contribution < 1.29 is 28.5 Å². The Hall–Kier alpha value is -2.22. The number of azide groups is 1. The van der Waals surface area contributed by atoms with Crippen LogP contribution in [-0.2, 0) is 16.1 Å². The first-order chi connectivity index (χ1) is 11.7. The second-order valence-corrected chi connectivity index (χ2v) is 6.06. The number of aliphatic hydroxyl groups excluding tert-OH is 1. The minimum absolute atomic E-state index is 0.103. The molecule has 0 heterocycles. The standard InChI is InChI=1S/C16H21F2N3O4/c1-9(2)13(16(23)24)6-15(22)14(20-21-19)8-25-7-10-3-11(17)5-12(18)4-10/h3-5,9,13-15,22H,6-8H2,1-2H3,(H,23,24). The molecule has 0 bridgehead atoms. The van der Waals surface area contributed by atoms with Gasteiger partial charge in [-0.1, -0.05) is 19.0 Å². The molecule has 1 rings (SSSR count). The fourth-order valence-electron chi connectivity index (χ4n) is 2.35. The monoisotopic (exact) mass is 357 g/mol. The van der Waals surface area contributed by atoms with Crippen LogP contribution in [0.4, 0.5) is 8.78 Å². The summed E-state index contributed by atoms with van der Waals surface area (Å²) in [5, 5.41) is 22.8. The summed E-state index contributed by atoms with van der Waals surface area (Å²) in [6, 6.07) is 1.92. The molecule has 138 valence electrons. The number of aliphatic carboxylic acids is 1. The maximum absolute atomic E-state index is 13.1. The normalized spacial score (nSPS) is 14.6. The minimum Gasteiger partial charge on any atom is -0.481 e. The van der Waals surface area contributed by atoms with Crippen molar-refractivity contribution in [1.29, 1.82) is 0 Å². The van der Waals surface area contributed by atoms with Gasteiger partial charge in [-0.2, -0.15) is 0 Å².